The highest BCUT2D eigenvalue weighted by Crippen LogP contribution is 2.62. The molecule has 0 heterocycles. The van der Waals surface area contributed by atoms with Gasteiger partial charge in [0.25, 0.3) is 0 Å². The molecule has 2 fully saturated rings. The fraction of sp³-hybridized carbons (Fsp3) is 0.667. The minimum Gasteiger partial charge on any atom is -0.456 e. The molecule has 4 unspecified atom stereocenters. The monoisotopic (exact) mass is 304 g/mol. The Morgan fingerprint density at radius 1 is 1.41 bits per heavy atom. The van der Waals surface area contributed by atoms with E-state index in [0.717, 1.165) is 19.3 Å². The second kappa shape index (κ2) is 5.25. The summed E-state index contributed by atoms with van der Waals surface area (Å²) < 4.78 is 10.7. The number of hydrogen-bond acceptors (Lipinski definition) is 4. The van der Waals surface area contributed by atoms with E-state index in [4.69, 9.17) is 9.47 Å². The molecule has 0 aliphatic heterocycles. The molecule has 0 aromatic rings. The first-order chi connectivity index (χ1) is 10.3. The lowest BCUT2D eigenvalue weighted by atomic mass is 9.64. The average Bonchev–Trinajstić information content (AvgIpc) is 2.53. The third kappa shape index (κ3) is 2.38. The molecule has 2 bridgehead atoms. The van der Waals surface area contributed by atoms with E-state index in [1.165, 1.54) is 0 Å². The lowest BCUT2D eigenvalue weighted by molar-refractivity contribution is -0.177. The minimum absolute atomic E-state index is 0.287. The quantitative estimate of drug-likeness (QED) is 0.455. The maximum Gasteiger partial charge on any atom is 0.344 e. The second-order valence-corrected chi connectivity index (χ2v) is 7.32. The van der Waals surface area contributed by atoms with Crippen LogP contribution in [-0.2, 0) is 19.1 Å². The highest BCUT2D eigenvalue weighted by Gasteiger charge is 2.61. The summed E-state index contributed by atoms with van der Waals surface area (Å²) in [5.74, 6) is 0.961. The van der Waals surface area contributed by atoms with Crippen molar-refractivity contribution in [3.8, 4) is 0 Å². The van der Waals surface area contributed by atoms with Gasteiger partial charge in [-0.2, -0.15) is 0 Å². The summed E-state index contributed by atoms with van der Waals surface area (Å²) in [7, 11) is 0. The smallest absolute Gasteiger partial charge is 0.344 e. The fourth-order valence-corrected chi connectivity index (χ4v) is 4.49. The average molecular weight is 304 g/mol. The van der Waals surface area contributed by atoms with Gasteiger partial charge in [0.05, 0.1) is 0 Å². The summed E-state index contributed by atoms with van der Waals surface area (Å²) in [5.41, 5.74) is 1.42. The molecule has 0 radical (unpaired) electrons. The summed E-state index contributed by atoms with van der Waals surface area (Å²) in [6, 6.07) is 0. The molecule has 4 heteroatoms. The van der Waals surface area contributed by atoms with E-state index in [-0.39, 0.29) is 12.2 Å². The number of carbonyl (C=O) groups is 2. The van der Waals surface area contributed by atoms with E-state index >= 15 is 0 Å². The Bertz CT molecular complexity index is 561. The standard InChI is InChI=1S/C18H24O4/c1-10(2)17(20)21-9-16(19)22-18(4)13-6-11(3)5-12-7-15(18)14(12)8-13/h5,11,13-15H,1,6-9H2,2-4H3/t11-,13?,14?,15?,18?/m0/s1. The van der Waals surface area contributed by atoms with Gasteiger partial charge in [-0.1, -0.05) is 25.2 Å². The van der Waals surface area contributed by atoms with E-state index in [9.17, 15) is 9.59 Å². The molecule has 0 aromatic carbocycles. The summed E-state index contributed by atoms with van der Waals surface area (Å²) in [5, 5.41) is 0. The number of rotatable bonds is 4. The fourth-order valence-electron chi connectivity index (χ4n) is 4.49. The first-order valence-electron chi connectivity index (χ1n) is 8.06. The van der Waals surface area contributed by atoms with E-state index < -0.39 is 17.5 Å². The van der Waals surface area contributed by atoms with Gasteiger partial charge in [0, 0.05) is 11.5 Å². The number of allylic oxidation sites excluding steroid dienone is 2. The first-order valence-corrected chi connectivity index (χ1v) is 8.06. The third-order valence-electron chi connectivity index (χ3n) is 5.66. The van der Waals surface area contributed by atoms with Crippen molar-refractivity contribution in [1.82, 2.24) is 0 Å². The highest BCUT2D eigenvalue weighted by molar-refractivity contribution is 5.88. The molecule has 120 valence electrons. The number of ether oxygens (including phenoxy) is 2. The van der Waals surface area contributed by atoms with Gasteiger partial charge >= 0.3 is 11.9 Å². The molecule has 0 amide bonds. The van der Waals surface area contributed by atoms with Crippen LogP contribution in [0.2, 0.25) is 0 Å². The van der Waals surface area contributed by atoms with Crippen molar-refractivity contribution < 1.29 is 19.1 Å². The molecule has 4 nitrogen and oxygen atoms in total. The Balaban J connectivity index is 1.65. The lowest BCUT2D eigenvalue weighted by Gasteiger charge is -2.45. The zero-order chi connectivity index (χ0) is 16.1. The molecular weight excluding hydrogens is 280 g/mol. The lowest BCUT2D eigenvalue weighted by Crippen LogP contribution is -2.48. The van der Waals surface area contributed by atoms with Crippen LogP contribution in [0.5, 0.6) is 0 Å². The minimum atomic E-state index is -0.549. The summed E-state index contributed by atoms with van der Waals surface area (Å²) in [6.07, 6.45) is 5.64. The van der Waals surface area contributed by atoms with E-state index in [1.54, 1.807) is 12.5 Å². The van der Waals surface area contributed by atoms with Crippen molar-refractivity contribution in [2.45, 2.75) is 45.6 Å². The van der Waals surface area contributed by atoms with Crippen molar-refractivity contribution in [3.05, 3.63) is 23.8 Å². The van der Waals surface area contributed by atoms with Crippen LogP contribution in [-0.4, -0.2) is 24.1 Å². The van der Waals surface area contributed by atoms with Crippen molar-refractivity contribution in [2.24, 2.45) is 23.7 Å². The topological polar surface area (TPSA) is 52.6 Å². The van der Waals surface area contributed by atoms with Crippen molar-refractivity contribution in [3.63, 3.8) is 0 Å². The molecule has 22 heavy (non-hydrogen) atoms. The predicted molar refractivity (Wildman–Crippen MR) is 81.8 cm³/mol. The zero-order valence-corrected chi connectivity index (χ0v) is 13.6. The van der Waals surface area contributed by atoms with Gasteiger partial charge in [-0.05, 0) is 50.9 Å². The van der Waals surface area contributed by atoms with E-state index in [2.05, 4.69) is 26.5 Å². The van der Waals surface area contributed by atoms with Gasteiger partial charge in [0.15, 0.2) is 6.61 Å². The number of hydrogen-bond donors (Lipinski definition) is 0. The summed E-state index contributed by atoms with van der Waals surface area (Å²) in [6.45, 7) is 9.02. The maximum absolute atomic E-state index is 12.1. The van der Waals surface area contributed by atoms with Gasteiger partial charge in [-0.25, -0.2) is 9.59 Å². The van der Waals surface area contributed by atoms with E-state index in [1.807, 2.05) is 0 Å². The Morgan fingerprint density at radius 2 is 2.14 bits per heavy atom. The van der Waals surface area contributed by atoms with Crippen LogP contribution in [0.4, 0.5) is 0 Å². The second-order valence-electron chi connectivity index (χ2n) is 7.32. The molecule has 3 aliphatic carbocycles. The molecule has 5 atom stereocenters. The molecular formula is C18H24O4. The van der Waals surface area contributed by atoms with Crippen LogP contribution < -0.4 is 0 Å². The molecule has 3 rings (SSSR count). The molecule has 0 aromatic heterocycles. The number of fused-ring (bicyclic) bond motifs is 1. The van der Waals surface area contributed by atoms with E-state index in [0.29, 0.717) is 23.7 Å². The maximum atomic E-state index is 12.1. The molecule has 2 saturated carbocycles. The molecule has 3 aliphatic rings. The molecule has 0 saturated heterocycles. The van der Waals surface area contributed by atoms with Crippen molar-refractivity contribution in [1.29, 1.82) is 0 Å². The predicted octanol–water partition coefficient (Wildman–Crippen LogP) is 3.03. The number of carbonyl (C=O) groups excluding carboxylic acids is 2. The Hall–Kier alpha value is -1.58. The van der Waals surface area contributed by atoms with Gasteiger partial charge in [-0.15, -0.1) is 0 Å². The van der Waals surface area contributed by atoms with Gasteiger partial charge in [0.2, 0.25) is 0 Å². The first kappa shape index (κ1) is 15.3. The van der Waals surface area contributed by atoms with Crippen LogP contribution in [0.25, 0.3) is 0 Å². The van der Waals surface area contributed by atoms with Crippen LogP contribution in [0.3, 0.4) is 0 Å². The highest BCUT2D eigenvalue weighted by atomic mass is 16.6. The normalized spacial score (nSPS) is 38.4. The Morgan fingerprint density at radius 3 is 2.82 bits per heavy atom. The van der Waals surface area contributed by atoms with Crippen molar-refractivity contribution >= 4 is 11.9 Å². The zero-order valence-electron chi connectivity index (χ0n) is 13.6. The van der Waals surface area contributed by atoms with Crippen LogP contribution in [0.1, 0.15) is 40.0 Å². The molecule has 0 spiro atoms. The van der Waals surface area contributed by atoms with Gasteiger partial charge in [-0.3, -0.25) is 0 Å². The van der Waals surface area contributed by atoms with Gasteiger partial charge < -0.3 is 9.47 Å². The van der Waals surface area contributed by atoms with Crippen molar-refractivity contribution in [2.75, 3.05) is 6.61 Å². The number of esters is 2. The SMILES string of the molecule is C=C(C)C(=O)OCC(=O)OC1(C)C2CC3C(=C[C@H](C)C2)CC31. The van der Waals surface area contributed by atoms with Crippen LogP contribution in [0, 0.1) is 23.7 Å². The Labute approximate surface area is 131 Å². The van der Waals surface area contributed by atoms with Crippen LogP contribution in [0.15, 0.2) is 23.8 Å². The summed E-state index contributed by atoms with van der Waals surface area (Å²) >= 11 is 0. The molecule has 0 N–H and O–H groups in total. The van der Waals surface area contributed by atoms with Crippen LogP contribution >= 0.6 is 0 Å². The Kier molecular flexibility index (Phi) is 3.66. The summed E-state index contributed by atoms with van der Waals surface area (Å²) in [4.78, 5) is 23.5. The largest absolute Gasteiger partial charge is 0.456 e. The third-order valence-corrected chi connectivity index (χ3v) is 5.66. The van der Waals surface area contributed by atoms with Gasteiger partial charge in [0.1, 0.15) is 5.60 Å².